The predicted molar refractivity (Wildman–Crippen MR) is 98.7 cm³/mol. The molecule has 1 aromatic rings. The molecule has 1 aliphatic heterocycles. The molecule has 1 aliphatic carbocycles. The summed E-state index contributed by atoms with van der Waals surface area (Å²) < 4.78 is 26.5. The SMILES string of the molecule is CCCS(=O)(=O)N1CCC2(CCC(N(C)C)c3ccccc32)CC1. The number of nitrogens with zero attached hydrogens (tertiary/aromatic N) is 2. The van der Waals surface area contributed by atoms with Crippen LogP contribution in [0.3, 0.4) is 0 Å². The van der Waals surface area contributed by atoms with Crippen LogP contribution in [0.25, 0.3) is 0 Å². The van der Waals surface area contributed by atoms with Crippen LogP contribution in [0.1, 0.15) is 56.2 Å². The lowest BCUT2D eigenvalue weighted by Crippen LogP contribution is -2.48. The summed E-state index contributed by atoms with van der Waals surface area (Å²) in [6.07, 6.45) is 4.91. The molecule has 1 heterocycles. The molecule has 1 saturated heterocycles. The highest BCUT2D eigenvalue weighted by molar-refractivity contribution is 7.89. The summed E-state index contributed by atoms with van der Waals surface area (Å²) in [5.74, 6) is 0.277. The molecule has 1 unspecified atom stereocenters. The molecule has 3 rings (SSSR count). The number of hydrogen-bond donors (Lipinski definition) is 0. The molecule has 1 aromatic carbocycles. The van der Waals surface area contributed by atoms with Crippen LogP contribution in [-0.4, -0.2) is 50.6 Å². The van der Waals surface area contributed by atoms with Crippen LogP contribution in [0.2, 0.25) is 0 Å². The monoisotopic (exact) mass is 350 g/mol. The number of rotatable bonds is 4. The highest BCUT2D eigenvalue weighted by Gasteiger charge is 2.43. The highest BCUT2D eigenvalue weighted by Crippen LogP contribution is 2.49. The Balaban J connectivity index is 1.85. The quantitative estimate of drug-likeness (QED) is 0.837. The van der Waals surface area contributed by atoms with Crippen molar-refractivity contribution in [2.45, 2.75) is 50.5 Å². The van der Waals surface area contributed by atoms with Crippen molar-refractivity contribution in [3.63, 3.8) is 0 Å². The van der Waals surface area contributed by atoms with E-state index in [4.69, 9.17) is 0 Å². The Hall–Kier alpha value is -0.910. The van der Waals surface area contributed by atoms with E-state index < -0.39 is 10.0 Å². The van der Waals surface area contributed by atoms with Crippen LogP contribution in [0.15, 0.2) is 24.3 Å². The maximum absolute atomic E-state index is 12.4. The molecule has 0 aromatic heterocycles. The van der Waals surface area contributed by atoms with Gasteiger partial charge in [0.1, 0.15) is 0 Å². The molecular weight excluding hydrogens is 320 g/mol. The van der Waals surface area contributed by atoms with Gasteiger partial charge in [-0.25, -0.2) is 12.7 Å². The third-order valence-corrected chi connectivity index (χ3v) is 8.02. The summed E-state index contributed by atoms with van der Waals surface area (Å²) in [6, 6.07) is 9.30. The summed E-state index contributed by atoms with van der Waals surface area (Å²) in [4.78, 5) is 2.31. The topological polar surface area (TPSA) is 40.6 Å². The molecule has 0 N–H and O–H groups in total. The summed E-state index contributed by atoms with van der Waals surface area (Å²) >= 11 is 0. The number of fused-ring (bicyclic) bond motifs is 2. The third kappa shape index (κ3) is 3.14. The number of sulfonamides is 1. The van der Waals surface area contributed by atoms with Crippen molar-refractivity contribution in [2.75, 3.05) is 32.9 Å². The average molecular weight is 351 g/mol. The van der Waals surface area contributed by atoms with Gasteiger partial charge in [0.25, 0.3) is 0 Å². The van der Waals surface area contributed by atoms with E-state index in [1.54, 1.807) is 4.31 Å². The molecule has 0 saturated carbocycles. The fourth-order valence-electron chi connectivity index (χ4n) is 4.61. The van der Waals surface area contributed by atoms with E-state index >= 15 is 0 Å². The van der Waals surface area contributed by atoms with Crippen molar-refractivity contribution in [2.24, 2.45) is 0 Å². The smallest absolute Gasteiger partial charge is 0.214 e. The minimum Gasteiger partial charge on any atom is -0.302 e. The minimum absolute atomic E-state index is 0.168. The average Bonchev–Trinajstić information content (AvgIpc) is 2.55. The Morgan fingerprint density at radius 1 is 1.17 bits per heavy atom. The highest BCUT2D eigenvalue weighted by atomic mass is 32.2. The minimum atomic E-state index is -3.07. The first-order valence-electron chi connectivity index (χ1n) is 9.13. The zero-order chi connectivity index (χ0) is 17.4. The van der Waals surface area contributed by atoms with Gasteiger partial charge in [0.05, 0.1) is 5.75 Å². The maximum atomic E-state index is 12.4. The first kappa shape index (κ1) is 17.9. The Bertz CT molecular complexity index is 676. The molecule has 0 amide bonds. The van der Waals surface area contributed by atoms with Crippen LogP contribution in [0, 0.1) is 0 Å². The lowest BCUT2D eigenvalue weighted by atomic mass is 9.64. The van der Waals surface area contributed by atoms with Crippen LogP contribution in [0.5, 0.6) is 0 Å². The Morgan fingerprint density at radius 3 is 2.46 bits per heavy atom. The van der Waals surface area contributed by atoms with Crippen LogP contribution < -0.4 is 0 Å². The molecule has 0 radical (unpaired) electrons. The largest absolute Gasteiger partial charge is 0.302 e. The van der Waals surface area contributed by atoms with E-state index in [1.807, 2.05) is 6.92 Å². The van der Waals surface area contributed by atoms with E-state index in [1.165, 1.54) is 11.1 Å². The van der Waals surface area contributed by atoms with Crippen molar-refractivity contribution >= 4 is 10.0 Å². The van der Waals surface area contributed by atoms with Gasteiger partial charge >= 0.3 is 0 Å². The van der Waals surface area contributed by atoms with Gasteiger partial charge < -0.3 is 4.90 Å². The molecule has 0 bridgehead atoms. The van der Waals surface area contributed by atoms with Gasteiger partial charge in [-0.15, -0.1) is 0 Å². The summed E-state index contributed by atoms with van der Waals surface area (Å²) in [6.45, 7) is 3.27. The maximum Gasteiger partial charge on any atom is 0.214 e. The summed E-state index contributed by atoms with van der Waals surface area (Å²) in [5, 5.41) is 0. The molecule has 1 spiro atoms. The van der Waals surface area contributed by atoms with Gasteiger partial charge in [0.15, 0.2) is 0 Å². The normalized spacial score (nSPS) is 24.2. The molecule has 24 heavy (non-hydrogen) atoms. The van der Waals surface area contributed by atoms with Gasteiger partial charge in [0.2, 0.25) is 10.0 Å². The molecule has 5 heteroatoms. The molecule has 2 aliphatic rings. The molecule has 4 nitrogen and oxygen atoms in total. The van der Waals surface area contributed by atoms with E-state index in [0.717, 1.165) is 25.7 Å². The fourth-order valence-corrected chi connectivity index (χ4v) is 6.12. The summed E-state index contributed by atoms with van der Waals surface area (Å²) in [5.41, 5.74) is 3.07. The van der Waals surface area contributed by atoms with Crippen molar-refractivity contribution in [3.8, 4) is 0 Å². The second-order valence-electron chi connectivity index (χ2n) is 7.60. The fraction of sp³-hybridized carbons (Fsp3) is 0.684. The second kappa shape index (κ2) is 6.77. The van der Waals surface area contributed by atoms with E-state index in [9.17, 15) is 8.42 Å². The Morgan fingerprint density at radius 2 is 1.83 bits per heavy atom. The first-order valence-corrected chi connectivity index (χ1v) is 10.7. The zero-order valence-electron chi connectivity index (χ0n) is 15.2. The van der Waals surface area contributed by atoms with E-state index in [-0.39, 0.29) is 11.2 Å². The number of piperidine rings is 1. The van der Waals surface area contributed by atoms with Gasteiger partial charge in [-0.1, -0.05) is 31.2 Å². The zero-order valence-corrected chi connectivity index (χ0v) is 16.0. The van der Waals surface area contributed by atoms with Crippen LogP contribution in [-0.2, 0) is 15.4 Å². The van der Waals surface area contributed by atoms with E-state index in [2.05, 4.69) is 43.3 Å². The molecule has 1 atom stereocenters. The molecule has 134 valence electrons. The molecule has 1 fully saturated rings. The third-order valence-electron chi connectivity index (χ3n) is 5.95. The lowest BCUT2D eigenvalue weighted by molar-refractivity contribution is 0.168. The second-order valence-corrected chi connectivity index (χ2v) is 9.69. The number of hydrogen-bond acceptors (Lipinski definition) is 3. The lowest BCUT2D eigenvalue weighted by Gasteiger charge is -2.47. The van der Waals surface area contributed by atoms with Crippen LogP contribution in [0.4, 0.5) is 0 Å². The summed E-state index contributed by atoms with van der Waals surface area (Å²) in [7, 11) is 1.24. The van der Waals surface area contributed by atoms with Gasteiger partial charge in [-0.3, -0.25) is 0 Å². The van der Waals surface area contributed by atoms with Crippen molar-refractivity contribution < 1.29 is 8.42 Å². The Kier molecular flexibility index (Phi) is 5.05. The standard InChI is InChI=1S/C19H30N2O2S/c1-4-15-24(22,23)21-13-11-19(12-14-21)10-9-18(20(2)3)16-7-5-6-8-17(16)19/h5-8,18H,4,9-15H2,1-3H3. The van der Waals surface area contributed by atoms with Crippen molar-refractivity contribution in [1.82, 2.24) is 9.21 Å². The Labute approximate surface area is 146 Å². The van der Waals surface area contributed by atoms with E-state index in [0.29, 0.717) is 25.6 Å². The molecular formula is C19H30N2O2S. The predicted octanol–water partition coefficient (Wildman–Crippen LogP) is 3.16. The van der Waals surface area contributed by atoms with Crippen molar-refractivity contribution in [3.05, 3.63) is 35.4 Å². The first-order chi connectivity index (χ1) is 11.4. The van der Waals surface area contributed by atoms with Gasteiger partial charge in [-0.2, -0.15) is 0 Å². The van der Waals surface area contributed by atoms with Crippen LogP contribution >= 0.6 is 0 Å². The van der Waals surface area contributed by atoms with Gasteiger partial charge in [0, 0.05) is 19.1 Å². The van der Waals surface area contributed by atoms with Crippen molar-refractivity contribution in [1.29, 1.82) is 0 Å². The van der Waals surface area contributed by atoms with Gasteiger partial charge in [-0.05, 0) is 62.7 Å². The number of benzene rings is 1.